The normalized spacial score (nSPS) is 10.2. The van der Waals surface area contributed by atoms with Crippen LogP contribution in [0.3, 0.4) is 0 Å². The van der Waals surface area contributed by atoms with Crippen molar-refractivity contribution < 1.29 is 0 Å². The van der Waals surface area contributed by atoms with Gasteiger partial charge in [-0.2, -0.15) is 10.4 Å². The van der Waals surface area contributed by atoms with E-state index >= 15 is 0 Å². The minimum absolute atomic E-state index is 0.610. The Bertz CT molecular complexity index is 597. The highest BCUT2D eigenvalue weighted by atomic mass is 79.9. The first-order chi connectivity index (χ1) is 8.79. The van der Waals surface area contributed by atoms with Gasteiger partial charge in [-0.25, -0.2) is 0 Å². The molecular formula is C14H10BrN3. The molecule has 0 saturated heterocycles. The summed E-state index contributed by atoms with van der Waals surface area (Å²) in [5.41, 5.74) is 5.21. The van der Waals surface area contributed by atoms with Crippen LogP contribution in [0, 0.1) is 11.3 Å². The first-order valence-corrected chi connectivity index (χ1v) is 6.12. The molecule has 18 heavy (non-hydrogen) atoms. The number of hydrazone groups is 1. The molecule has 0 heterocycles. The van der Waals surface area contributed by atoms with Gasteiger partial charge in [-0.3, -0.25) is 5.43 Å². The van der Waals surface area contributed by atoms with Gasteiger partial charge in [0.15, 0.2) is 0 Å². The lowest BCUT2D eigenvalue weighted by Gasteiger charge is -2.00. The second-order valence-corrected chi connectivity index (χ2v) is 4.49. The summed E-state index contributed by atoms with van der Waals surface area (Å²) in [6, 6.07) is 17.1. The highest BCUT2D eigenvalue weighted by Crippen LogP contribution is 2.14. The van der Waals surface area contributed by atoms with Crippen LogP contribution in [0.1, 0.15) is 11.1 Å². The van der Waals surface area contributed by atoms with Crippen molar-refractivity contribution in [2.45, 2.75) is 0 Å². The third-order valence-corrected chi connectivity index (χ3v) is 2.85. The van der Waals surface area contributed by atoms with Gasteiger partial charge >= 0.3 is 0 Å². The van der Waals surface area contributed by atoms with Crippen molar-refractivity contribution >= 4 is 27.8 Å². The molecule has 1 N–H and O–H groups in total. The number of rotatable bonds is 3. The summed E-state index contributed by atoms with van der Waals surface area (Å²) in [7, 11) is 0. The van der Waals surface area contributed by atoms with Crippen LogP contribution in [0.25, 0.3) is 0 Å². The first kappa shape index (κ1) is 12.3. The number of benzene rings is 2. The van der Waals surface area contributed by atoms with Crippen LogP contribution in [0.2, 0.25) is 0 Å². The first-order valence-electron chi connectivity index (χ1n) is 5.33. The Morgan fingerprint density at radius 2 is 1.83 bits per heavy atom. The average Bonchev–Trinajstić information content (AvgIpc) is 2.41. The number of nitrogens with one attached hydrogen (secondary N) is 1. The van der Waals surface area contributed by atoms with E-state index in [4.69, 9.17) is 5.26 Å². The largest absolute Gasteiger partial charge is 0.279 e. The molecule has 0 aliphatic heterocycles. The van der Waals surface area contributed by atoms with E-state index in [1.54, 1.807) is 12.3 Å². The Hall–Kier alpha value is -2.12. The van der Waals surface area contributed by atoms with Crippen molar-refractivity contribution in [3.8, 4) is 6.07 Å². The molecule has 2 rings (SSSR count). The molecule has 0 saturated carbocycles. The molecule has 4 heteroatoms. The number of anilines is 1. The molecule has 0 unspecified atom stereocenters. The number of halogens is 1. The Morgan fingerprint density at radius 3 is 2.56 bits per heavy atom. The highest BCUT2D eigenvalue weighted by molar-refractivity contribution is 9.10. The molecule has 0 aliphatic carbocycles. The van der Waals surface area contributed by atoms with Gasteiger partial charge in [0, 0.05) is 10.0 Å². The maximum Gasteiger partial charge on any atom is 0.0998 e. The molecule has 88 valence electrons. The Kier molecular flexibility index (Phi) is 4.11. The van der Waals surface area contributed by atoms with E-state index in [0.29, 0.717) is 5.56 Å². The van der Waals surface area contributed by atoms with Gasteiger partial charge in [0.05, 0.1) is 23.5 Å². The van der Waals surface area contributed by atoms with Gasteiger partial charge in [0.1, 0.15) is 0 Å². The molecule has 0 atom stereocenters. The highest BCUT2D eigenvalue weighted by Gasteiger charge is 1.96. The summed E-state index contributed by atoms with van der Waals surface area (Å²) in [4.78, 5) is 0. The minimum atomic E-state index is 0.610. The standard InChI is InChI=1S/C14H10BrN3/c15-13-5-7-14(8-6-13)18-17-10-12-4-2-1-3-11(12)9-16/h1-8,10,18H/b17-10-. The van der Waals surface area contributed by atoms with E-state index in [9.17, 15) is 0 Å². The van der Waals surface area contributed by atoms with Crippen LogP contribution in [0.15, 0.2) is 58.1 Å². The topological polar surface area (TPSA) is 48.2 Å². The lowest BCUT2D eigenvalue weighted by atomic mass is 10.1. The quantitative estimate of drug-likeness (QED) is 0.693. The zero-order chi connectivity index (χ0) is 12.8. The zero-order valence-corrected chi connectivity index (χ0v) is 11.1. The average molecular weight is 300 g/mol. The zero-order valence-electron chi connectivity index (χ0n) is 9.47. The smallest absolute Gasteiger partial charge is 0.0998 e. The molecule has 0 spiro atoms. The molecule has 0 amide bonds. The molecule has 0 aliphatic rings. The van der Waals surface area contributed by atoms with Crippen molar-refractivity contribution in [3.05, 3.63) is 64.1 Å². The van der Waals surface area contributed by atoms with Gasteiger partial charge in [-0.1, -0.05) is 34.1 Å². The van der Waals surface area contributed by atoms with E-state index in [-0.39, 0.29) is 0 Å². The lowest BCUT2D eigenvalue weighted by molar-refractivity contribution is 1.34. The predicted molar refractivity (Wildman–Crippen MR) is 76.5 cm³/mol. The lowest BCUT2D eigenvalue weighted by Crippen LogP contribution is -1.92. The predicted octanol–water partition coefficient (Wildman–Crippen LogP) is 3.77. The molecule has 0 aromatic heterocycles. The molecule has 0 fully saturated rings. The number of hydrogen-bond donors (Lipinski definition) is 1. The van der Waals surface area contributed by atoms with Gasteiger partial charge in [0.25, 0.3) is 0 Å². The fourth-order valence-electron chi connectivity index (χ4n) is 1.41. The van der Waals surface area contributed by atoms with Crippen LogP contribution in [-0.2, 0) is 0 Å². The molecular weight excluding hydrogens is 290 g/mol. The summed E-state index contributed by atoms with van der Waals surface area (Å²) in [5, 5.41) is 13.0. The maximum atomic E-state index is 8.93. The third-order valence-electron chi connectivity index (χ3n) is 2.32. The Labute approximate surface area is 114 Å². The van der Waals surface area contributed by atoms with Gasteiger partial charge in [-0.15, -0.1) is 0 Å². The minimum Gasteiger partial charge on any atom is -0.279 e. The molecule has 3 nitrogen and oxygen atoms in total. The fourth-order valence-corrected chi connectivity index (χ4v) is 1.68. The summed E-state index contributed by atoms with van der Waals surface area (Å²) >= 11 is 3.37. The van der Waals surface area contributed by atoms with Crippen molar-refractivity contribution in [3.63, 3.8) is 0 Å². The summed E-state index contributed by atoms with van der Waals surface area (Å²) < 4.78 is 1.02. The van der Waals surface area contributed by atoms with E-state index in [0.717, 1.165) is 15.7 Å². The monoisotopic (exact) mass is 299 g/mol. The van der Waals surface area contributed by atoms with Crippen molar-refractivity contribution in [1.82, 2.24) is 0 Å². The third kappa shape index (κ3) is 3.19. The van der Waals surface area contributed by atoms with Crippen molar-refractivity contribution in [2.75, 3.05) is 5.43 Å². The van der Waals surface area contributed by atoms with E-state index in [2.05, 4.69) is 32.5 Å². The second-order valence-electron chi connectivity index (χ2n) is 3.58. The number of hydrogen-bond acceptors (Lipinski definition) is 3. The number of nitriles is 1. The molecule has 2 aromatic rings. The van der Waals surface area contributed by atoms with Crippen LogP contribution in [0.4, 0.5) is 5.69 Å². The molecule has 2 aromatic carbocycles. The van der Waals surface area contributed by atoms with Crippen LogP contribution >= 0.6 is 15.9 Å². The number of nitrogens with zero attached hydrogens (tertiary/aromatic N) is 2. The fraction of sp³-hybridized carbons (Fsp3) is 0. The SMILES string of the molecule is N#Cc1ccccc1/C=N\Nc1ccc(Br)cc1. The van der Waals surface area contributed by atoms with Crippen LogP contribution < -0.4 is 5.43 Å². The van der Waals surface area contributed by atoms with Gasteiger partial charge in [-0.05, 0) is 30.3 Å². The summed E-state index contributed by atoms with van der Waals surface area (Å²) in [6.07, 6.45) is 1.64. The van der Waals surface area contributed by atoms with E-state index in [1.165, 1.54) is 0 Å². The van der Waals surface area contributed by atoms with Crippen LogP contribution in [0.5, 0.6) is 0 Å². The maximum absolute atomic E-state index is 8.93. The second kappa shape index (κ2) is 5.99. The Morgan fingerprint density at radius 1 is 1.11 bits per heavy atom. The van der Waals surface area contributed by atoms with E-state index < -0.39 is 0 Å². The van der Waals surface area contributed by atoms with Gasteiger partial charge < -0.3 is 0 Å². The molecule has 0 radical (unpaired) electrons. The van der Waals surface area contributed by atoms with Crippen LogP contribution in [-0.4, -0.2) is 6.21 Å². The summed E-state index contributed by atoms with van der Waals surface area (Å²) in [5.74, 6) is 0. The van der Waals surface area contributed by atoms with Crippen molar-refractivity contribution in [2.24, 2.45) is 5.10 Å². The Balaban J connectivity index is 2.08. The molecule has 0 bridgehead atoms. The summed E-state index contributed by atoms with van der Waals surface area (Å²) in [6.45, 7) is 0. The van der Waals surface area contributed by atoms with Crippen molar-refractivity contribution in [1.29, 1.82) is 5.26 Å². The van der Waals surface area contributed by atoms with E-state index in [1.807, 2.05) is 42.5 Å². The van der Waals surface area contributed by atoms with Gasteiger partial charge in [0.2, 0.25) is 0 Å².